The van der Waals surface area contributed by atoms with E-state index >= 15 is 0 Å². The fraction of sp³-hybridized carbons (Fsp3) is 0.231. The number of aromatic nitrogens is 3. The van der Waals surface area contributed by atoms with Gasteiger partial charge in [-0.3, -0.25) is 0 Å². The lowest BCUT2D eigenvalue weighted by molar-refractivity contribution is 0.444. The number of fused-ring (bicyclic) bond motifs is 1. The second kappa shape index (κ2) is 4.46. The summed E-state index contributed by atoms with van der Waals surface area (Å²) in [6.45, 7) is 2.57. The van der Waals surface area contributed by atoms with Crippen molar-refractivity contribution in [1.29, 1.82) is 0 Å². The van der Waals surface area contributed by atoms with Gasteiger partial charge in [-0.2, -0.15) is 0 Å². The zero-order valence-corrected chi connectivity index (χ0v) is 10.7. The summed E-state index contributed by atoms with van der Waals surface area (Å²) in [5.41, 5.74) is 1.11. The number of aryl methyl sites for hydroxylation is 1. The summed E-state index contributed by atoms with van der Waals surface area (Å²) in [4.78, 5) is 0. The van der Waals surface area contributed by atoms with Crippen molar-refractivity contribution in [3.8, 4) is 0 Å². The Kier molecular flexibility index (Phi) is 2.80. The molecule has 2 heterocycles. The number of nitrogens with zero attached hydrogens (tertiary/aromatic N) is 3. The summed E-state index contributed by atoms with van der Waals surface area (Å²) in [5.74, 6) is 1.30. The molecule has 92 valence electrons. The number of benzene rings is 1. The lowest BCUT2D eigenvalue weighted by Crippen LogP contribution is -1.97. The van der Waals surface area contributed by atoms with E-state index in [1.165, 1.54) is 0 Å². The number of rotatable bonds is 3. The zero-order chi connectivity index (χ0) is 12.5. The Morgan fingerprint density at radius 3 is 2.83 bits per heavy atom. The van der Waals surface area contributed by atoms with Crippen molar-refractivity contribution in [2.45, 2.75) is 19.9 Å². The second-order valence-corrected chi connectivity index (χ2v) is 4.53. The monoisotopic (exact) mass is 261 g/mol. The van der Waals surface area contributed by atoms with Crippen LogP contribution in [0, 0.1) is 0 Å². The minimum Gasteiger partial charge on any atom is -0.423 e. The van der Waals surface area contributed by atoms with Crippen LogP contribution in [-0.4, -0.2) is 14.8 Å². The van der Waals surface area contributed by atoms with E-state index in [0.29, 0.717) is 18.3 Å². The highest BCUT2D eigenvalue weighted by atomic mass is 35.5. The van der Waals surface area contributed by atoms with E-state index in [1.54, 1.807) is 0 Å². The molecule has 0 fully saturated rings. The van der Waals surface area contributed by atoms with Gasteiger partial charge in [-0.05, 0) is 24.3 Å². The number of hydrogen-bond donors (Lipinski definition) is 0. The SMILES string of the molecule is CCc1nnc(Cn2ccc3cc(Cl)ccc32)o1. The van der Waals surface area contributed by atoms with Gasteiger partial charge in [0.1, 0.15) is 6.54 Å². The van der Waals surface area contributed by atoms with Crippen molar-refractivity contribution >= 4 is 22.5 Å². The van der Waals surface area contributed by atoms with Crippen LogP contribution in [0.15, 0.2) is 34.9 Å². The molecule has 0 unspecified atom stereocenters. The molecule has 0 aliphatic heterocycles. The van der Waals surface area contributed by atoms with Crippen LogP contribution in [0.5, 0.6) is 0 Å². The van der Waals surface area contributed by atoms with Crippen LogP contribution in [0.2, 0.25) is 5.02 Å². The quantitative estimate of drug-likeness (QED) is 0.727. The number of hydrogen-bond acceptors (Lipinski definition) is 3. The summed E-state index contributed by atoms with van der Waals surface area (Å²) < 4.78 is 7.58. The van der Waals surface area contributed by atoms with Gasteiger partial charge >= 0.3 is 0 Å². The van der Waals surface area contributed by atoms with Crippen molar-refractivity contribution in [3.63, 3.8) is 0 Å². The molecular formula is C13H12ClN3O. The van der Waals surface area contributed by atoms with Crippen LogP contribution in [0.3, 0.4) is 0 Å². The summed E-state index contributed by atoms with van der Waals surface area (Å²) in [7, 11) is 0. The maximum absolute atomic E-state index is 5.96. The normalized spacial score (nSPS) is 11.2. The van der Waals surface area contributed by atoms with E-state index in [2.05, 4.69) is 14.8 Å². The van der Waals surface area contributed by atoms with Crippen molar-refractivity contribution in [3.05, 3.63) is 47.3 Å². The first-order valence-corrected chi connectivity index (χ1v) is 6.19. The van der Waals surface area contributed by atoms with Crippen molar-refractivity contribution in [1.82, 2.24) is 14.8 Å². The average molecular weight is 262 g/mol. The van der Waals surface area contributed by atoms with Gasteiger partial charge in [0.15, 0.2) is 0 Å². The van der Waals surface area contributed by atoms with Gasteiger partial charge in [0.2, 0.25) is 11.8 Å². The molecule has 3 rings (SSSR count). The first kappa shape index (κ1) is 11.3. The van der Waals surface area contributed by atoms with E-state index in [4.69, 9.17) is 16.0 Å². The van der Waals surface area contributed by atoms with Crippen LogP contribution in [0.1, 0.15) is 18.7 Å². The van der Waals surface area contributed by atoms with Crippen LogP contribution in [0.4, 0.5) is 0 Å². The average Bonchev–Trinajstić information content (AvgIpc) is 2.97. The first-order chi connectivity index (χ1) is 8.76. The molecule has 0 atom stereocenters. The minimum absolute atomic E-state index is 0.581. The molecule has 5 heteroatoms. The maximum Gasteiger partial charge on any atom is 0.236 e. The lowest BCUT2D eigenvalue weighted by atomic mass is 10.2. The lowest BCUT2D eigenvalue weighted by Gasteiger charge is -2.01. The van der Waals surface area contributed by atoms with E-state index < -0.39 is 0 Å². The summed E-state index contributed by atoms with van der Waals surface area (Å²) >= 11 is 5.96. The molecule has 0 amide bonds. The van der Waals surface area contributed by atoms with Crippen molar-refractivity contribution < 1.29 is 4.42 Å². The van der Waals surface area contributed by atoms with Crippen molar-refractivity contribution in [2.75, 3.05) is 0 Å². The standard InChI is InChI=1S/C13H12ClN3O/c1-2-12-15-16-13(18-12)8-17-6-5-9-7-10(14)3-4-11(9)17/h3-7H,2,8H2,1H3. The molecule has 0 N–H and O–H groups in total. The smallest absolute Gasteiger partial charge is 0.236 e. The summed E-state index contributed by atoms with van der Waals surface area (Å²) in [6, 6.07) is 7.84. The van der Waals surface area contributed by atoms with E-state index in [9.17, 15) is 0 Å². The third kappa shape index (κ3) is 1.99. The van der Waals surface area contributed by atoms with Crippen LogP contribution in [-0.2, 0) is 13.0 Å². The molecule has 0 aliphatic carbocycles. The predicted molar refractivity (Wildman–Crippen MR) is 69.7 cm³/mol. The van der Waals surface area contributed by atoms with Crippen molar-refractivity contribution in [2.24, 2.45) is 0 Å². The molecule has 0 radical (unpaired) electrons. The molecule has 4 nitrogen and oxygen atoms in total. The highest BCUT2D eigenvalue weighted by Crippen LogP contribution is 2.21. The molecule has 18 heavy (non-hydrogen) atoms. The van der Waals surface area contributed by atoms with Gasteiger partial charge in [-0.15, -0.1) is 10.2 Å². The molecule has 0 bridgehead atoms. The van der Waals surface area contributed by atoms with E-state index in [1.807, 2.05) is 37.4 Å². The fourth-order valence-electron chi connectivity index (χ4n) is 1.95. The van der Waals surface area contributed by atoms with Gasteiger partial charge in [0, 0.05) is 28.5 Å². The molecule has 0 saturated carbocycles. The highest BCUT2D eigenvalue weighted by Gasteiger charge is 2.07. The predicted octanol–water partition coefficient (Wildman–Crippen LogP) is 3.29. The van der Waals surface area contributed by atoms with E-state index in [0.717, 1.165) is 22.3 Å². The topological polar surface area (TPSA) is 43.9 Å². The Labute approximate surface area is 109 Å². The molecule has 3 aromatic rings. The Balaban J connectivity index is 1.95. The van der Waals surface area contributed by atoms with Gasteiger partial charge in [-0.25, -0.2) is 0 Å². The van der Waals surface area contributed by atoms with Gasteiger partial charge < -0.3 is 8.98 Å². The second-order valence-electron chi connectivity index (χ2n) is 4.09. The summed E-state index contributed by atoms with van der Waals surface area (Å²) in [5, 5.41) is 9.83. The Hall–Kier alpha value is -1.81. The molecule has 0 saturated heterocycles. The molecule has 0 aliphatic rings. The van der Waals surface area contributed by atoms with Crippen LogP contribution < -0.4 is 0 Å². The Bertz CT molecular complexity index is 686. The fourth-order valence-corrected chi connectivity index (χ4v) is 2.13. The van der Waals surface area contributed by atoms with Gasteiger partial charge in [-0.1, -0.05) is 18.5 Å². The van der Waals surface area contributed by atoms with Crippen LogP contribution in [0.25, 0.3) is 10.9 Å². The number of halogens is 1. The third-order valence-corrected chi connectivity index (χ3v) is 3.08. The Morgan fingerprint density at radius 1 is 1.22 bits per heavy atom. The van der Waals surface area contributed by atoms with Gasteiger partial charge in [0.05, 0.1) is 0 Å². The summed E-state index contributed by atoms with van der Waals surface area (Å²) in [6.07, 6.45) is 2.76. The van der Waals surface area contributed by atoms with Crippen LogP contribution >= 0.6 is 11.6 Å². The maximum atomic E-state index is 5.96. The highest BCUT2D eigenvalue weighted by molar-refractivity contribution is 6.31. The zero-order valence-electron chi connectivity index (χ0n) is 9.93. The molecule has 2 aromatic heterocycles. The molecule has 0 spiro atoms. The third-order valence-electron chi connectivity index (χ3n) is 2.85. The minimum atomic E-state index is 0.581. The largest absolute Gasteiger partial charge is 0.423 e. The molecule has 1 aromatic carbocycles. The molecular weight excluding hydrogens is 250 g/mol. The van der Waals surface area contributed by atoms with Gasteiger partial charge in [0.25, 0.3) is 0 Å². The van der Waals surface area contributed by atoms with E-state index in [-0.39, 0.29) is 0 Å². The Morgan fingerprint density at radius 2 is 2.06 bits per heavy atom. The first-order valence-electron chi connectivity index (χ1n) is 5.82.